The minimum Gasteiger partial charge on any atom is -0.371 e. The lowest BCUT2D eigenvalue weighted by Crippen LogP contribution is -2.45. The quantitative estimate of drug-likeness (QED) is 0.773. The lowest BCUT2D eigenvalue weighted by atomic mass is 10.1. The second-order valence-electron chi connectivity index (χ2n) is 7.73. The molecule has 0 aliphatic carbocycles. The van der Waals surface area contributed by atoms with Gasteiger partial charge in [-0.15, -0.1) is 0 Å². The molecule has 1 fully saturated rings. The molecule has 2 aromatic heterocycles. The van der Waals surface area contributed by atoms with E-state index in [9.17, 15) is 9.59 Å². The Morgan fingerprint density at radius 1 is 1.40 bits per heavy atom. The molecular formula is C21H27N7O2. The molecule has 1 atom stereocenters. The van der Waals surface area contributed by atoms with E-state index in [-0.39, 0.29) is 30.1 Å². The molecule has 9 nitrogen and oxygen atoms in total. The van der Waals surface area contributed by atoms with Gasteiger partial charge in [0.2, 0.25) is 5.91 Å². The molecule has 0 saturated carbocycles. The van der Waals surface area contributed by atoms with Gasteiger partial charge in [0.05, 0.1) is 30.0 Å². The Hall–Kier alpha value is -3.41. The number of anilines is 2. The molecule has 0 radical (unpaired) electrons. The summed E-state index contributed by atoms with van der Waals surface area (Å²) in [5.41, 5.74) is 1.10. The number of hydrogen-bond donors (Lipinski definition) is 1. The van der Waals surface area contributed by atoms with Crippen LogP contribution in [0.5, 0.6) is 0 Å². The number of nitriles is 1. The van der Waals surface area contributed by atoms with Gasteiger partial charge in [-0.2, -0.15) is 10.4 Å². The van der Waals surface area contributed by atoms with Crippen molar-refractivity contribution in [2.24, 2.45) is 0 Å². The summed E-state index contributed by atoms with van der Waals surface area (Å²) in [6.07, 6.45) is 4.79. The Kier molecular flexibility index (Phi) is 6.67. The lowest BCUT2D eigenvalue weighted by molar-refractivity contribution is -0.131. The van der Waals surface area contributed by atoms with Gasteiger partial charge in [-0.1, -0.05) is 0 Å². The highest BCUT2D eigenvalue weighted by Gasteiger charge is 2.26. The smallest absolute Gasteiger partial charge is 0.269 e. The summed E-state index contributed by atoms with van der Waals surface area (Å²) < 4.78 is 1.49. The van der Waals surface area contributed by atoms with Gasteiger partial charge in [0.1, 0.15) is 11.9 Å². The molecule has 0 spiro atoms. The number of carbonyl (C=O) groups is 1. The SMILES string of the molecule is CC(C)N(C)c1cnn([C@H]2CCCN(C(=O)CNc3ccc(C#N)cn3)C2)c(=O)c1. The van der Waals surface area contributed by atoms with E-state index in [2.05, 4.69) is 29.2 Å². The molecule has 2 aromatic rings. The van der Waals surface area contributed by atoms with Crippen molar-refractivity contribution in [2.45, 2.75) is 38.8 Å². The zero-order valence-corrected chi connectivity index (χ0v) is 17.6. The van der Waals surface area contributed by atoms with Crippen LogP contribution in [0.1, 0.15) is 38.3 Å². The summed E-state index contributed by atoms with van der Waals surface area (Å²) in [6.45, 7) is 5.32. The number of hydrogen-bond acceptors (Lipinski definition) is 7. The predicted octanol–water partition coefficient (Wildman–Crippen LogP) is 1.63. The van der Waals surface area contributed by atoms with Crippen molar-refractivity contribution in [3.63, 3.8) is 0 Å². The number of aromatic nitrogens is 3. The Labute approximate surface area is 175 Å². The first-order valence-electron chi connectivity index (χ1n) is 10.1. The normalized spacial score (nSPS) is 16.2. The van der Waals surface area contributed by atoms with Gasteiger partial charge in [0.15, 0.2) is 0 Å². The van der Waals surface area contributed by atoms with E-state index >= 15 is 0 Å². The van der Waals surface area contributed by atoms with Crippen LogP contribution >= 0.6 is 0 Å². The fourth-order valence-corrected chi connectivity index (χ4v) is 3.40. The van der Waals surface area contributed by atoms with Crippen LogP contribution in [0.15, 0.2) is 35.4 Å². The van der Waals surface area contributed by atoms with Gasteiger partial charge in [0, 0.05) is 38.4 Å². The average molecular weight is 409 g/mol. The van der Waals surface area contributed by atoms with E-state index in [1.807, 2.05) is 18.0 Å². The zero-order valence-electron chi connectivity index (χ0n) is 17.6. The van der Waals surface area contributed by atoms with Gasteiger partial charge < -0.3 is 15.1 Å². The fourth-order valence-electron chi connectivity index (χ4n) is 3.40. The molecule has 1 aliphatic rings. The minimum atomic E-state index is -0.154. The van der Waals surface area contributed by atoms with Crippen LogP contribution in [0, 0.1) is 11.3 Å². The van der Waals surface area contributed by atoms with Gasteiger partial charge in [0.25, 0.3) is 5.56 Å². The maximum atomic E-state index is 12.6. The van der Waals surface area contributed by atoms with Gasteiger partial charge >= 0.3 is 0 Å². The summed E-state index contributed by atoms with van der Waals surface area (Å²) >= 11 is 0. The molecule has 3 heterocycles. The zero-order chi connectivity index (χ0) is 21.7. The molecule has 1 N–H and O–H groups in total. The highest BCUT2D eigenvalue weighted by molar-refractivity contribution is 5.80. The van der Waals surface area contributed by atoms with Crippen molar-refractivity contribution in [3.05, 3.63) is 46.5 Å². The molecule has 1 aliphatic heterocycles. The summed E-state index contributed by atoms with van der Waals surface area (Å²) in [5.74, 6) is 0.480. The molecule has 158 valence electrons. The predicted molar refractivity (Wildman–Crippen MR) is 114 cm³/mol. The van der Waals surface area contributed by atoms with Crippen LogP contribution < -0.4 is 15.8 Å². The van der Waals surface area contributed by atoms with E-state index in [4.69, 9.17) is 5.26 Å². The molecule has 0 aromatic carbocycles. The van der Waals surface area contributed by atoms with Crippen LogP contribution in [0.4, 0.5) is 11.5 Å². The third-order valence-corrected chi connectivity index (χ3v) is 5.40. The van der Waals surface area contributed by atoms with E-state index in [0.29, 0.717) is 24.5 Å². The van der Waals surface area contributed by atoms with E-state index in [1.54, 1.807) is 29.3 Å². The third-order valence-electron chi connectivity index (χ3n) is 5.40. The summed E-state index contributed by atoms with van der Waals surface area (Å²) in [4.78, 5) is 33.1. The molecule has 1 saturated heterocycles. The monoisotopic (exact) mass is 409 g/mol. The third kappa shape index (κ3) is 4.95. The van der Waals surface area contributed by atoms with Gasteiger partial charge in [-0.25, -0.2) is 9.67 Å². The van der Waals surface area contributed by atoms with Crippen molar-refractivity contribution >= 4 is 17.4 Å². The first-order chi connectivity index (χ1) is 14.4. The largest absolute Gasteiger partial charge is 0.371 e. The topological polar surface area (TPSA) is 107 Å². The molecule has 30 heavy (non-hydrogen) atoms. The number of nitrogens with one attached hydrogen (secondary N) is 1. The van der Waals surface area contributed by atoms with Crippen molar-refractivity contribution < 1.29 is 4.79 Å². The number of amides is 1. The van der Waals surface area contributed by atoms with Crippen LogP contribution in [0.25, 0.3) is 0 Å². The van der Waals surface area contributed by atoms with E-state index in [0.717, 1.165) is 18.5 Å². The molecule has 1 amide bonds. The number of carbonyl (C=O) groups excluding carboxylic acids is 1. The lowest BCUT2D eigenvalue weighted by Gasteiger charge is -2.33. The molecule has 0 bridgehead atoms. The number of piperidine rings is 1. The van der Waals surface area contributed by atoms with Gasteiger partial charge in [-0.05, 0) is 38.8 Å². The Bertz CT molecular complexity index is 978. The van der Waals surface area contributed by atoms with Crippen molar-refractivity contribution in [1.29, 1.82) is 5.26 Å². The molecule has 3 rings (SSSR count). The molecule has 9 heteroatoms. The maximum absolute atomic E-state index is 12.6. The first kappa shape index (κ1) is 21.3. The summed E-state index contributed by atoms with van der Waals surface area (Å²) in [7, 11) is 1.93. The van der Waals surface area contributed by atoms with E-state index in [1.165, 1.54) is 10.9 Å². The minimum absolute atomic E-state index is 0.0601. The second kappa shape index (κ2) is 9.39. The first-order valence-corrected chi connectivity index (χ1v) is 10.1. The molecule has 0 unspecified atom stereocenters. The van der Waals surface area contributed by atoms with Crippen molar-refractivity contribution in [3.8, 4) is 6.07 Å². The fraction of sp³-hybridized carbons (Fsp3) is 0.476. The number of rotatable bonds is 6. The van der Waals surface area contributed by atoms with Crippen molar-refractivity contribution in [1.82, 2.24) is 19.7 Å². The standard InChI is InChI=1S/C21H27N7O2/c1-15(2)26(3)18-9-20(29)28(25-12-18)17-5-4-8-27(14-17)21(30)13-24-19-7-6-16(10-22)11-23-19/h6-7,9,11-12,15,17H,4-5,8,13-14H2,1-3H3,(H,23,24)/t17-/m0/s1. The van der Waals surface area contributed by atoms with E-state index < -0.39 is 0 Å². The molecular weight excluding hydrogens is 382 g/mol. The van der Waals surface area contributed by atoms with Crippen LogP contribution in [-0.4, -0.2) is 58.3 Å². The number of likely N-dealkylation sites (tertiary alicyclic amines) is 1. The second-order valence-corrected chi connectivity index (χ2v) is 7.73. The maximum Gasteiger partial charge on any atom is 0.269 e. The number of pyridine rings is 1. The van der Waals surface area contributed by atoms with Crippen LogP contribution in [0.2, 0.25) is 0 Å². The Balaban J connectivity index is 1.62. The summed E-state index contributed by atoms with van der Waals surface area (Å²) in [6, 6.07) is 7.06. The summed E-state index contributed by atoms with van der Waals surface area (Å²) in [5, 5.41) is 16.2. The highest BCUT2D eigenvalue weighted by Crippen LogP contribution is 2.20. The average Bonchev–Trinajstić information content (AvgIpc) is 2.77. The van der Waals surface area contributed by atoms with Crippen LogP contribution in [-0.2, 0) is 4.79 Å². The number of nitrogens with zero attached hydrogens (tertiary/aromatic N) is 6. The van der Waals surface area contributed by atoms with Gasteiger partial charge in [-0.3, -0.25) is 9.59 Å². The highest BCUT2D eigenvalue weighted by atomic mass is 16.2. The van der Waals surface area contributed by atoms with Crippen molar-refractivity contribution in [2.75, 3.05) is 36.9 Å². The Morgan fingerprint density at radius 2 is 2.20 bits per heavy atom. The Morgan fingerprint density at radius 3 is 2.83 bits per heavy atom. The van der Waals surface area contributed by atoms with Crippen LogP contribution in [0.3, 0.4) is 0 Å².